The summed E-state index contributed by atoms with van der Waals surface area (Å²) in [4.78, 5) is 30.1. The summed E-state index contributed by atoms with van der Waals surface area (Å²) in [5.74, 6) is -0.684. The second kappa shape index (κ2) is 13.1. The molecule has 1 saturated heterocycles. The fourth-order valence-corrected chi connectivity index (χ4v) is 6.28. The van der Waals surface area contributed by atoms with Gasteiger partial charge in [-0.15, -0.1) is 0 Å². The standard InChI is InChI=1S/C28H38FN3O4S/c1-4-18-37(35,36)31(19-22(2)3)21-27(33)32(20-23-8-6-5-7-9-23)26-14-16-30(17-15-26)28(34)24-10-12-25(29)13-11-24/h5-13,22,26H,4,14-21H2,1-3H3. The van der Waals surface area contributed by atoms with Crippen LogP contribution in [0.25, 0.3) is 0 Å². The average Bonchev–Trinajstić information content (AvgIpc) is 2.87. The quantitative estimate of drug-likeness (QED) is 0.436. The Balaban J connectivity index is 1.76. The molecular weight excluding hydrogens is 493 g/mol. The summed E-state index contributed by atoms with van der Waals surface area (Å²) in [6, 6.07) is 15.0. The fourth-order valence-electron chi connectivity index (χ4n) is 4.67. The summed E-state index contributed by atoms with van der Waals surface area (Å²) in [6.07, 6.45) is 1.65. The molecule has 3 rings (SSSR count). The van der Waals surface area contributed by atoms with E-state index in [2.05, 4.69) is 0 Å². The van der Waals surface area contributed by atoms with Crippen LogP contribution in [0.1, 0.15) is 56.0 Å². The van der Waals surface area contributed by atoms with Gasteiger partial charge in [0.2, 0.25) is 15.9 Å². The second-order valence-electron chi connectivity index (χ2n) is 10.0. The number of nitrogens with zero attached hydrogens (tertiary/aromatic N) is 3. The monoisotopic (exact) mass is 531 g/mol. The highest BCUT2D eigenvalue weighted by molar-refractivity contribution is 7.89. The van der Waals surface area contributed by atoms with E-state index in [1.807, 2.05) is 51.1 Å². The van der Waals surface area contributed by atoms with Crippen molar-refractivity contribution in [1.82, 2.24) is 14.1 Å². The number of likely N-dealkylation sites (tertiary alicyclic amines) is 1. The number of amides is 2. The predicted molar refractivity (Wildman–Crippen MR) is 143 cm³/mol. The smallest absolute Gasteiger partial charge is 0.253 e. The Labute approximate surface area is 220 Å². The van der Waals surface area contributed by atoms with Gasteiger partial charge in [0.1, 0.15) is 5.82 Å². The Morgan fingerprint density at radius 3 is 2.22 bits per heavy atom. The highest BCUT2D eigenvalue weighted by Gasteiger charge is 2.33. The molecule has 0 aliphatic carbocycles. The Morgan fingerprint density at radius 1 is 1.03 bits per heavy atom. The number of sulfonamides is 1. The molecule has 0 spiro atoms. The SMILES string of the molecule is CCCS(=O)(=O)N(CC(=O)N(Cc1ccccc1)C1CCN(C(=O)c2ccc(F)cc2)CC1)CC(C)C. The molecule has 1 aliphatic rings. The van der Waals surface area contributed by atoms with Gasteiger partial charge < -0.3 is 9.80 Å². The van der Waals surface area contributed by atoms with Gasteiger partial charge >= 0.3 is 0 Å². The highest BCUT2D eigenvalue weighted by Crippen LogP contribution is 2.22. The van der Waals surface area contributed by atoms with Crippen LogP contribution in [0.15, 0.2) is 54.6 Å². The van der Waals surface area contributed by atoms with E-state index in [0.717, 1.165) is 5.56 Å². The van der Waals surface area contributed by atoms with Crippen molar-refractivity contribution >= 4 is 21.8 Å². The van der Waals surface area contributed by atoms with E-state index in [1.165, 1.54) is 28.6 Å². The third kappa shape index (κ3) is 8.10. The molecule has 0 unspecified atom stereocenters. The summed E-state index contributed by atoms with van der Waals surface area (Å²) >= 11 is 0. The van der Waals surface area contributed by atoms with E-state index in [0.29, 0.717) is 44.5 Å². The Kier molecular flexibility index (Phi) is 10.2. The molecule has 2 aromatic carbocycles. The summed E-state index contributed by atoms with van der Waals surface area (Å²) in [6.45, 7) is 7.09. The number of hydrogen-bond acceptors (Lipinski definition) is 4. The first-order chi connectivity index (χ1) is 17.6. The van der Waals surface area contributed by atoms with Crippen LogP contribution < -0.4 is 0 Å². The molecule has 1 heterocycles. The third-order valence-corrected chi connectivity index (χ3v) is 8.52. The maximum absolute atomic E-state index is 13.7. The zero-order chi connectivity index (χ0) is 27.0. The van der Waals surface area contributed by atoms with Gasteiger partial charge in [-0.05, 0) is 55.0 Å². The van der Waals surface area contributed by atoms with Crippen molar-refractivity contribution in [1.29, 1.82) is 0 Å². The van der Waals surface area contributed by atoms with Gasteiger partial charge in [-0.25, -0.2) is 12.8 Å². The zero-order valence-electron chi connectivity index (χ0n) is 22.0. The molecule has 37 heavy (non-hydrogen) atoms. The van der Waals surface area contributed by atoms with Crippen LogP contribution in [0, 0.1) is 11.7 Å². The molecule has 1 fully saturated rings. The number of benzene rings is 2. The Morgan fingerprint density at radius 2 is 1.65 bits per heavy atom. The molecule has 0 bridgehead atoms. The van der Waals surface area contributed by atoms with Gasteiger partial charge in [-0.2, -0.15) is 4.31 Å². The number of halogens is 1. The molecule has 2 aromatic rings. The van der Waals surface area contributed by atoms with Crippen LogP contribution in [-0.4, -0.2) is 72.3 Å². The fraction of sp³-hybridized carbons (Fsp3) is 0.500. The minimum atomic E-state index is -3.55. The predicted octanol–water partition coefficient (Wildman–Crippen LogP) is 4.16. The van der Waals surface area contributed by atoms with Gasteiger partial charge in [-0.3, -0.25) is 9.59 Å². The summed E-state index contributed by atoms with van der Waals surface area (Å²) in [5, 5.41) is 0. The van der Waals surface area contributed by atoms with Crippen LogP contribution in [0.2, 0.25) is 0 Å². The van der Waals surface area contributed by atoms with E-state index in [4.69, 9.17) is 0 Å². The van der Waals surface area contributed by atoms with Crippen molar-refractivity contribution in [3.63, 3.8) is 0 Å². The number of rotatable bonds is 11. The first kappa shape index (κ1) is 28.8. The Hall–Kier alpha value is -2.78. The maximum Gasteiger partial charge on any atom is 0.253 e. The van der Waals surface area contributed by atoms with Gasteiger partial charge in [-0.1, -0.05) is 51.1 Å². The lowest BCUT2D eigenvalue weighted by molar-refractivity contribution is -0.135. The number of carbonyl (C=O) groups is 2. The molecule has 9 heteroatoms. The lowest BCUT2D eigenvalue weighted by Crippen LogP contribution is -2.51. The van der Waals surface area contributed by atoms with Crippen molar-refractivity contribution in [3.05, 3.63) is 71.5 Å². The normalized spacial score (nSPS) is 14.8. The van der Waals surface area contributed by atoms with Gasteiger partial charge in [0.15, 0.2) is 0 Å². The molecule has 7 nitrogen and oxygen atoms in total. The largest absolute Gasteiger partial charge is 0.338 e. The van der Waals surface area contributed by atoms with Crippen LogP contribution in [0.4, 0.5) is 4.39 Å². The average molecular weight is 532 g/mol. The molecule has 202 valence electrons. The van der Waals surface area contributed by atoms with Gasteiger partial charge in [0.25, 0.3) is 5.91 Å². The molecule has 2 amide bonds. The van der Waals surface area contributed by atoms with Crippen molar-refractivity contribution in [2.45, 2.75) is 52.6 Å². The third-order valence-electron chi connectivity index (χ3n) is 6.54. The number of piperidine rings is 1. The highest BCUT2D eigenvalue weighted by atomic mass is 32.2. The molecular formula is C28H38FN3O4S. The van der Waals surface area contributed by atoms with Crippen molar-refractivity contribution in [3.8, 4) is 0 Å². The summed E-state index contributed by atoms with van der Waals surface area (Å²) in [7, 11) is -3.55. The first-order valence-electron chi connectivity index (χ1n) is 13.0. The first-order valence-corrected chi connectivity index (χ1v) is 14.6. The summed E-state index contributed by atoms with van der Waals surface area (Å²) < 4.78 is 40.4. The van der Waals surface area contributed by atoms with Crippen molar-refractivity contribution < 1.29 is 22.4 Å². The zero-order valence-corrected chi connectivity index (χ0v) is 22.8. The lowest BCUT2D eigenvalue weighted by atomic mass is 10.0. The van der Waals surface area contributed by atoms with Crippen LogP contribution >= 0.6 is 0 Å². The van der Waals surface area contributed by atoms with Crippen molar-refractivity contribution in [2.75, 3.05) is 31.9 Å². The van der Waals surface area contributed by atoms with Crippen LogP contribution in [0.5, 0.6) is 0 Å². The molecule has 0 N–H and O–H groups in total. The van der Waals surface area contributed by atoms with Crippen molar-refractivity contribution in [2.24, 2.45) is 5.92 Å². The van der Waals surface area contributed by atoms with Crippen LogP contribution in [0.3, 0.4) is 0 Å². The molecule has 0 aromatic heterocycles. The van der Waals surface area contributed by atoms with Gasteiger partial charge in [0, 0.05) is 37.8 Å². The van der Waals surface area contributed by atoms with E-state index >= 15 is 0 Å². The van der Waals surface area contributed by atoms with E-state index < -0.39 is 15.8 Å². The number of hydrogen-bond donors (Lipinski definition) is 0. The minimum Gasteiger partial charge on any atom is -0.338 e. The molecule has 0 atom stereocenters. The van der Waals surface area contributed by atoms with Gasteiger partial charge in [0.05, 0.1) is 12.3 Å². The maximum atomic E-state index is 13.7. The molecule has 0 radical (unpaired) electrons. The topological polar surface area (TPSA) is 78.0 Å². The Bertz CT molecular complexity index is 1130. The lowest BCUT2D eigenvalue weighted by Gasteiger charge is -2.39. The second-order valence-corrected chi connectivity index (χ2v) is 12.1. The van der Waals surface area contributed by atoms with E-state index in [-0.39, 0.29) is 42.6 Å². The minimum absolute atomic E-state index is 0.00950. The van der Waals surface area contributed by atoms with E-state index in [1.54, 1.807) is 9.80 Å². The molecule has 0 saturated carbocycles. The summed E-state index contributed by atoms with van der Waals surface area (Å²) in [5.41, 5.74) is 1.40. The molecule has 1 aliphatic heterocycles. The van der Waals surface area contributed by atoms with E-state index in [9.17, 15) is 22.4 Å². The van der Waals surface area contributed by atoms with Crippen LogP contribution in [-0.2, 0) is 21.4 Å². The number of carbonyl (C=O) groups excluding carboxylic acids is 2.